The van der Waals surface area contributed by atoms with Crippen molar-refractivity contribution in [1.82, 2.24) is 0 Å². The van der Waals surface area contributed by atoms with Crippen LogP contribution < -0.4 is 0 Å². The fraction of sp³-hybridized carbons (Fsp3) is 0.900. The van der Waals surface area contributed by atoms with Crippen molar-refractivity contribution in [2.45, 2.75) is 39.4 Å². The molecule has 0 aliphatic rings. The van der Waals surface area contributed by atoms with Crippen molar-refractivity contribution in [3.63, 3.8) is 0 Å². The molecule has 0 saturated heterocycles. The lowest BCUT2D eigenvalue weighted by molar-refractivity contribution is 0.315. The molecule has 0 radical (unpaired) electrons. The summed E-state index contributed by atoms with van der Waals surface area (Å²) in [7, 11) is -1.07. The summed E-state index contributed by atoms with van der Waals surface area (Å²) in [4.78, 5) is 0. The normalized spacial score (nSPS) is 13.6. The van der Waals surface area contributed by atoms with Crippen molar-refractivity contribution < 1.29 is 9.39 Å². The molecule has 0 aromatic carbocycles. The van der Waals surface area contributed by atoms with Gasteiger partial charge in [-0.1, -0.05) is 39.8 Å². The molecule has 0 fully saturated rings. The summed E-state index contributed by atoms with van der Waals surface area (Å²) in [5, 5.41) is 11.0. The molecule has 14 heavy (non-hydrogen) atoms. The molecule has 3 nitrogen and oxygen atoms in total. The van der Waals surface area contributed by atoms with Crippen LogP contribution in [0.4, 0.5) is 0 Å². The molecule has 0 aromatic heterocycles. The summed E-state index contributed by atoms with van der Waals surface area (Å²) in [6.07, 6.45) is 5.58. The van der Waals surface area contributed by atoms with Crippen LogP contribution in [0.5, 0.6) is 0 Å². The molecule has 4 heteroatoms. The van der Waals surface area contributed by atoms with E-state index < -0.39 is 10.3 Å². The van der Waals surface area contributed by atoms with Gasteiger partial charge >= 0.3 is 0 Å². The maximum atomic E-state index is 8.16. The molecule has 0 bridgehead atoms. The van der Waals surface area contributed by atoms with Gasteiger partial charge in [0.15, 0.2) is 0 Å². The van der Waals surface area contributed by atoms with Gasteiger partial charge in [0.1, 0.15) is 0 Å². The number of hydrogen-bond donors (Lipinski definition) is 1. The smallest absolute Gasteiger partial charge is 0.0977 e. The summed E-state index contributed by atoms with van der Waals surface area (Å²) < 4.78 is 5.77. The Bertz CT molecular complexity index is 162. The van der Waals surface area contributed by atoms with Crippen LogP contribution in [0.3, 0.4) is 0 Å². The Labute approximate surface area is 90.1 Å². The molecule has 0 saturated carbocycles. The van der Waals surface area contributed by atoms with E-state index in [0.717, 1.165) is 0 Å². The Hall–Kier alpha value is -0.220. The minimum absolute atomic E-state index is 0.163. The van der Waals surface area contributed by atoms with Gasteiger partial charge in [0.25, 0.3) is 0 Å². The van der Waals surface area contributed by atoms with E-state index in [1.54, 1.807) is 0 Å². The van der Waals surface area contributed by atoms with E-state index in [2.05, 4.69) is 38.4 Å². The zero-order chi connectivity index (χ0) is 11.8. The maximum Gasteiger partial charge on any atom is 0.0977 e. The molecule has 0 aliphatic carbocycles. The summed E-state index contributed by atoms with van der Waals surface area (Å²) >= 11 is 0. The fourth-order valence-corrected chi connectivity index (χ4v) is 1.17. The molecular weight excluding hydrogens is 198 g/mol. The summed E-state index contributed by atoms with van der Waals surface area (Å²) in [5.41, 5.74) is 0. The highest BCUT2D eigenvalue weighted by atomic mass is 32.3. The average molecular weight is 223 g/mol. The second-order valence-corrected chi connectivity index (χ2v) is 7.85. The van der Waals surface area contributed by atoms with Gasteiger partial charge in [0.05, 0.1) is 12.8 Å². The third kappa shape index (κ3) is 6.27. The van der Waals surface area contributed by atoms with Crippen LogP contribution in [0, 0.1) is 0 Å². The van der Waals surface area contributed by atoms with Gasteiger partial charge in [0.2, 0.25) is 0 Å². The Balaban J connectivity index is 0. The Morgan fingerprint density at radius 2 is 1.71 bits per heavy atom. The zero-order valence-corrected chi connectivity index (χ0v) is 11.3. The lowest BCUT2D eigenvalue weighted by Gasteiger charge is -2.43. The molecule has 1 N–H and O–H groups in total. The lowest BCUT2D eigenvalue weighted by atomic mass is 10.3. The first-order chi connectivity index (χ1) is 6.31. The summed E-state index contributed by atoms with van der Waals surface area (Å²) in [6, 6.07) is 0. The SMILES string of the molecule is CC.CC(C)(C)S(C)(C)OC/C=N/O. The number of nitrogens with zero attached hydrogens (tertiary/aromatic N) is 1. The molecule has 0 rings (SSSR count). The minimum atomic E-state index is -1.07. The van der Waals surface area contributed by atoms with Crippen LogP contribution in [0.25, 0.3) is 0 Å². The molecule has 0 aromatic rings. The number of oxime groups is 1. The van der Waals surface area contributed by atoms with Gasteiger partial charge in [-0.2, -0.15) is 0 Å². The molecule has 0 unspecified atom stereocenters. The highest BCUT2D eigenvalue weighted by molar-refractivity contribution is 8.29. The third-order valence-corrected chi connectivity index (χ3v) is 5.67. The largest absolute Gasteiger partial charge is 0.411 e. The minimum Gasteiger partial charge on any atom is -0.411 e. The second-order valence-electron chi connectivity index (χ2n) is 3.93. The van der Waals surface area contributed by atoms with E-state index in [1.807, 2.05) is 13.8 Å². The molecule has 0 atom stereocenters. The van der Waals surface area contributed by atoms with E-state index in [0.29, 0.717) is 6.61 Å². The predicted molar refractivity (Wildman–Crippen MR) is 66.8 cm³/mol. The number of hydrogen-bond acceptors (Lipinski definition) is 3. The Morgan fingerprint density at radius 3 is 2.00 bits per heavy atom. The van der Waals surface area contributed by atoms with Crippen LogP contribution in [0.1, 0.15) is 34.6 Å². The van der Waals surface area contributed by atoms with Crippen LogP contribution in [-0.2, 0) is 4.18 Å². The van der Waals surface area contributed by atoms with Crippen molar-refractivity contribution in [2.24, 2.45) is 5.16 Å². The van der Waals surface area contributed by atoms with Crippen molar-refractivity contribution >= 4 is 16.5 Å². The highest BCUT2D eigenvalue weighted by Crippen LogP contribution is 2.53. The Morgan fingerprint density at radius 1 is 1.29 bits per heavy atom. The van der Waals surface area contributed by atoms with Gasteiger partial charge in [-0.05, 0) is 12.5 Å². The van der Waals surface area contributed by atoms with E-state index in [4.69, 9.17) is 9.39 Å². The molecule has 0 amide bonds. The monoisotopic (exact) mass is 223 g/mol. The maximum absolute atomic E-state index is 8.16. The van der Waals surface area contributed by atoms with E-state index >= 15 is 0 Å². The van der Waals surface area contributed by atoms with Crippen LogP contribution in [0.2, 0.25) is 0 Å². The average Bonchev–Trinajstić information content (AvgIpc) is 2.06. The fourth-order valence-electron chi connectivity index (χ4n) is 0.411. The lowest BCUT2D eigenvalue weighted by Crippen LogP contribution is -2.25. The van der Waals surface area contributed by atoms with Gasteiger partial charge < -0.3 is 9.39 Å². The van der Waals surface area contributed by atoms with Crippen LogP contribution in [-0.4, -0.2) is 35.3 Å². The van der Waals surface area contributed by atoms with Gasteiger partial charge in [0, 0.05) is 4.75 Å². The van der Waals surface area contributed by atoms with E-state index in [-0.39, 0.29) is 4.75 Å². The third-order valence-electron chi connectivity index (χ3n) is 1.99. The van der Waals surface area contributed by atoms with Crippen molar-refractivity contribution in [3.05, 3.63) is 0 Å². The Kier molecular flexibility index (Phi) is 8.25. The van der Waals surface area contributed by atoms with Crippen LogP contribution >= 0.6 is 10.3 Å². The second kappa shape index (κ2) is 7.12. The van der Waals surface area contributed by atoms with Gasteiger partial charge in [-0.3, -0.25) is 0 Å². The summed E-state index contributed by atoms with van der Waals surface area (Å²) in [6.45, 7) is 10.8. The topological polar surface area (TPSA) is 41.8 Å². The molecule has 0 heterocycles. The molecule has 0 aliphatic heterocycles. The van der Waals surface area contributed by atoms with E-state index in [1.165, 1.54) is 6.21 Å². The number of rotatable bonds is 3. The summed E-state index contributed by atoms with van der Waals surface area (Å²) in [5.74, 6) is 0. The van der Waals surface area contributed by atoms with Crippen molar-refractivity contribution in [2.75, 3.05) is 19.1 Å². The highest BCUT2D eigenvalue weighted by Gasteiger charge is 2.28. The molecule has 88 valence electrons. The van der Waals surface area contributed by atoms with E-state index in [9.17, 15) is 0 Å². The quantitative estimate of drug-likeness (QED) is 0.453. The molecule has 0 spiro atoms. The zero-order valence-electron chi connectivity index (χ0n) is 10.5. The molecular formula is C10H25NO2S. The van der Waals surface area contributed by atoms with Gasteiger partial charge in [-0.25, -0.2) is 0 Å². The van der Waals surface area contributed by atoms with Crippen molar-refractivity contribution in [3.8, 4) is 0 Å². The first-order valence-electron chi connectivity index (χ1n) is 4.84. The van der Waals surface area contributed by atoms with Crippen molar-refractivity contribution in [1.29, 1.82) is 0 Å². The first kappa shape index (κ1) is 16.2. The predicted octanol–water partition coefficient (Wildman–Crippen LogP) is 3.27. The van der Waals surface area contributed by atoms with Gasteiger partial charge in [-0.15, -0.1) is 10.3 Å². The van der Waals surface area contributed by atoms with Crippen LogP contribution in [0.15, 0.2) is 5.16 Å². The first-order valence-corrected chi connectivity index (χ1v) is 7.22. The standard InChI is InChI=1S/C8H19NO2S.C2H6/c1-8(2,3)12(4,5)11-7-6-9-10;1-2/h6,10H,7H2,1-5H3;1-2H3/b9-6+;.